The van der Waals surface area contributed by atoms with Gasteiger partial charge in [0.15, 0.2) is 5.78 Å². The number of ketones is 1. The first kappa shape index (κ1) is 18.6. The monoisotopic (exact) mass is 403 g/mol. The molecule has 0 amide bonds. The number of quaternary nitrogens is 1. The summed E-state index contributed by atoms with van der Waals surface area (Å²) in [6, 6.07) is 6.69. The average Bonchev–Trinajstić information content (AvgIpc) is 2.47. The molecule has 128 valence electrons. The molecule has 5 nitrogen and oxygen atoms in total. The summed E-state index contributed by atoms with van der Waals surface area (Å²) < 4.78 is 27.6. The van der Waals surface area contributed by atoms with Gasteiger partial charge in [0.2, 0.25) is 10.0 Å². The van der Waals surface area contributed by atoms with Crippen molar-refractivity contribution in [2.75, 3.05) is 32.7 Å². The lowest BCUT2D eigenvalue weighted by molar-refractivity contribution is -0.895. The topological polar surface area (TPSA) is 58.9 Å². The van der Waals surface area contributed by atoms with E-state index >= 15 is 0 Å². The number of nitrogens with zero attached hydrogens (tertiary/aromatic N) is 1. The molecule has 7 heteroatoms. The third kappa shape index (κ3) is 4.62. The summed E-state index contributed by atoms with van der Waals surface area (Å²) in [7, 11) is -3.44. The molecule has 0 spiro atoms. The number of carbonyl (C=O) groups is 1. The molecule has 0 saturated carbocycles. The fourth-order valence-corrected chi connectivity index (χ4v) is 4.17. The largest absolute Gasteiger partial charge is 0.327 e. The summed E-state index contributed by atoms with van der Waals surface area (Å²) in [5.41, 5.74) is -0.340. The highest BCUT2D eigenvalue weighted by atomic mass is 79.9. The van der Waals surface area contributed by atoms with Crippen molar-refractivity contribution in [3.63, 3.8) is 0 Å². The Morgan fingerprint density at radius 1 is 1.17 bits per heavy atom. The summed E-state index contributed by atoms with van der Waals surface area (Å²) in [4.78, 5) is 13.6. The van der Waals surface area contributed by atoms with Gasteiger partial charge in [-0.1, -0.05) is 36.7 Å². The van der Waals surface area contributed by atoms with Crippen LogP contribution in [0, 0.1) is 5.41 Å². The van der Waals surface area contributed by atoms with E-state index in [0.717, 1.165) is 9.37 Å². The van der Waals surface area contributed by atoms with Crippen LogP contribution in [0.2, 0.25) is 0 Å². The highest BCUT2D eigenvalue weighted by Gasteiger charge is 2.33. The first-order chi connectivity index (χ1) is 10.6. The minimum atomic E-state index is -3.44. The van der Waals surface area contributed by atoms with E-state index in [1.54, 1.807) is 24.3 Å². The predicted molar refractivity (Wildman–Crippen MR) is 92.9 cm³/mol. The normalized spacial score (nSPS) is 18.1. The summed E-state index contributed by atoms with van der Waals surface area (Å²) in [5, 5.41) is 0. The van der Waals surface area contributed by atoms with Crippen molar-refractivity contribution in [3.8, 4) is 0 Å². The number of rotatable bonds is 4. The molecule has 1 aromatic carbocycles. The molecule has 1 N–H and O–H groups in total. The van der Waals surface area contributed by atoms with Gasteiger partial charge in [-0.05, 0) is 24.3 Å². The Hall–Kier alpha value is -0.760. The Kier molecular flexibility index (Phi) is 5.66. The zero-order valence-corrected chi connectivity index (χ0v) is 16.2. The van der Waals surface area contributed by atoms with Crippen LogP contribution in [0.15, 0.2) is 33.6 Å². The van der Waals surface area contributed by atoms with E-state index in [1.165, 1.54) is 4.31 Å². The Morgan fingerprint density at radius 2 is 1.70 bits per heavy atom. The third-order valence-corrected chi connectivity index (χ3v) is 6.57. The van der Waals surface area contributed by atoms with Crippen LogP contribution < -0.4 is 4.90 Å². The van der Waals surface area contributed by atoms with Gasteiger partial charge in [0.25, 0.3) is 0 Å². The standard InChI is InChI=1S/C16H23BrN2O3S/c1-16(2,3)15(20)12-18-8-10-19(11-9-18)23(21,22)14-6-4-13(17)5-7-14/h4-7H,8-12H2,1-3H3/p+1. The number of hydrogen-bond acceptors (Lipinski definition) is 3. The van der Waals surface area contributed by atoms with Gasteiger partial charge in [-0.2, -0.15) is 4.31 Å². The summed E-state index contributed by atoms with van der Waals surface area (Å²) in [5.74, 6) is 0.219. The molecule has 0 bridgehead atoms. The van der Waals surface area contributed by atoms with Gasteiger partial charge in [0.05, 0.1) is 31.1 Å². The molecule has 1 heterocycles. The number of nitrogens with one attached hydrogen (secondary N) is 1. The van der Waals surface area contributed by atoms with Crippen molar-refractivity contribution in [1.82, 2.24) is 4.31 Å². The number of hydrogen-bond donors (Lipinski definition) is 1. The lowest BCUT2D eigenvalue weighted by Crippen LogP contribution is -3.15. The van der Waals surface area contributed by atoms with Crippen molar-refractivity contribution in [2.45, 2.75) is 25.7 Å². The molecule has 1 aliphatic heterocycles. The van der Waals surface area contributed by atoms with Gasteiger partial charge in [-0.3, -0.25) is 4.79 Å². The maximum Gasteiger partial charge on any atom is 0.243 e. The smallest absolute Gasteiger partial charge is 0.243 e. The van der Waals surface area contributed by atoms with Gasteiger partial charge in [0.1, 0.15) is 6.54 Å². The number of carbonyl (C=O) groups excluding carboxylic acids is 1. The van der Waals surface area contributed by atoms with E-state index in [4.69, 9.17) is 0 Å². The van der Waals surface area contributed by atoms with Crippen LogP contribution in [0.4, 0.5) is 0 Å². The number of Topliss-reactive ketones (excluding diaryl/α,β-unsaturated/α-hetero) is 1. The second-order valence-corrected chi connectivity index (χ2v) is 9.81. The highest BCUT2D eigenvalue weighted by Crippen LogP contribution is 2.19. The quantitative estimate of drug-likeness (QED) is 0.813. The second-order valence-electron chi connectivity index (χ2n) is 6.96. The van der Waals surface area contributed by atoms with Crippen molar-refractivity contribution in [1.29, 1.82) is 0 Å². The Balaban J connectivity index is 1.98. The molecule has 23 heavy (non-hydrogen) atoms. The first-order valence-electron chi connectivity index (χ1n) is 7.73. The molecular formula is C16H24BrN2O3S+. The molecular weight excluding hydrogens is 380 g/mol. The molecule has 0 aliphatic carbocycles. The van der Waals surface area contributed by atoms with Gasteiger partial charge in [-0.25, -0.2) is 8.42 Å². The molecule has 2 rings (SSSR count). The van der Waals surface area contributed by atoms with Crippen molar-refractivity contribution in [2.24, 2.45) is 5.41 Å². The Morgan fingerprint density at radius 3 is 2.17 bits per heavy atom. The van der Waals surface area contributed by atoms with Crippen LogP contribution in [0.5, 0.6) is 0 Å². The van der Waals surface area contributed by atoms with Crippen LogP contribution in [-0.4, -0.2) is 51.2 Å². The zero-order valence-electron chi connectivity index (χ0n) is 13.8. The van der Waals surface area contributed by atoms with Gasteiger partial charge in [-0.15, -0.1) is 0 Å². The van der Waals surface area contributed by atoms with Crippen LogP contribution >= 0.6 is 15.9 Å². The zero-order chi connectivity index (χ0) is 17.3. The van der Waals surface area contributed by atoms with Crippen LogP contribution in [0.3, 0.4) is 0 Å². The van der Waals surface area contributed by atoms with E-state index in [9.17, 15) is 13.2 Å². The first-order valence-corrected chi connectivity index (χ1v) is 9.96. The average molecular weight is 404 g/mol. The van der Waals surface area contributed by atoms with Crippen LogP contribution in [-0.2, 0) is 14.8 Å². The molecule has 1 aliphatic rings. The lowest BCUT2D eigenvalue weighted by atomic mass is 9.90. The molecule has 1 saturated heterocycles. The number of sulfonamides is 1. The second kappa shape index (κ2) is 7.01. The predicted octanol–water partition coefficient (Wildman–Crippen LogP) is 0.954. The SMILES string of the molecule is CC(C)(C)C(=O)C[NH+]1CCN(S(=O)(=O)c2ccc(Br)cc2)CC1. The van der Waals surface area contributed by atoms with Crippen LogP contribution in [0.25, 0.3) is 0 Å². The van der Waals surface area contributed by atoms with Crippen molar-refractivity contribution >= 4 is 31.7 Å². The van der Waals surface area contributed by atoms with Gasteiger partial charge in [0, 0.05) is 9.89 Å². The summed E-state index contributed by atoms with van der Waals surface area (Å²) in [6.45, 7) is 8.45. The van der Waals surface area contributed by atoms with Crippen molar-refractivity contribution in [3.05, 3.63) is 28.7 Å². The number of halogens is 1. The number of piperazine rings is 1. The van der Waals surface area contributed by atoms with E-state index in [0.29, 0.717) is 37.6 Å². The molecule has 0 atom stereocenters. The van der Waals surface area contributed by atoms with E-state index < -0.39 is 10.0 Å². The molecule has 0 radical (unpaired) electrons. The Bertz CT molecular complexity index is 658. The molecule has 0 unspecified atom stereocenters. The maximum atomic E-state index is 12.6. The fraction of sp³-hybridized carbons (Fsp3) is 0.562. The highest BCUT2D eigenvalue weighted by molar-refractivity contribution is 9.10. The van der Waals surface area contributed by atoms with Gasteiger partial charge < -0.3 is 4.90 Å². The number of benzene rings is 1. The minimum absolute atomic E-state index is 0.219. The minimum Gasteiger partial charge on any atom is -0.327 e. The van der Waals surface area contributed by atoms with E-state index in [1.807, 2.05) is 20.8 Å². The Labute approximate surface area is 146 Å². The van der Waals surface area contributed by atoms with Crippen LogP contribution in [0.1, 0.15) is 20.8 Å². The fourth-order valence-electron chi connectivity index (χ4n) is 2.47. The lowest BCUT2D eigenvalue weighted by Gasteiger charge is -2.32. The summed E-state index contributed by atoms with van der Waals surface area (Å²) in [6.07, 6.45) is 0. The summed E-state index contributed by atoms with van der Waals surface area (Å²) >= 11 is 3.31. The van der Waals surface area contributed by atoms with E-state index in [-0.39, 0.29) is 11.2 Å². The van der Waals surface area contributed by atoms with Crippen molar-refractivity contribution < 1.29 is 18.1 Å². The molecule has 1 fully saturated rings. The van der Waals surface area contributed by atoms with E-state index in [2.05, 4.69) is 15.9 Å². The molecule has 1 aromatic rings. The molecule has 0 aromatic heterocycles. The maximum absolute atomic E-state index is 12.6. The third-order valence-electron chi connectivity index (χ3n) is 4.13. The van der Waals surface area contributed by atoms with Gasteiger partial charge >= 0.3 is 0 Å².